The number of nitro groups is 1. The summed E-state index contributed by atoms with van der Waals surface area (Å²) in [5, 5.41) is 24.3. The third kappa shape index (κ3) is 3.35. The number of fused-ring (bicyclic) bond motifs is 4. The van der Waals surface area contributed by atoms with Gasteiger partial charge in [0.2, 0.25) is 5.91 Å². The molecule has 2 aromatic heterocycles. The molecule has 2 N–H and O–H groups in total. The highest BCUT2D eigenvalue weighted by Crippen LogP contribution is 2.30. The van der Waals surface area contributed by atoms with Crippen molar-refractivity contribution in [1.82, 2.24) is 14.5 Å². The molecule has 0 saturated heterocycles. The zero-order chi connectivity index (χ0) is 22.2. The van der Waals surface area contributed by atoms with Gasteiger partial charge in [-0.3, -0.25) is 14.9 Å². The van der Waals surface area contributed by atoms with Gasteiger partial charge in [-0.2, -0.15) is 0 Å². The fraction of sp³-hybridized carbons (Fsp3) is 0.0870. The number of aromatic hydroxyl groups is 1. The molecule has 0 bridgehead atoms. The van der Waals surface area contributed by atoms with Crippen molar-refractivity contribution >= 4 is 50.4 Å². The number of nitrogens with zero attached hydrogens (tertiary/aromatic N) is 4. The number of phenolic OH excluding ortho intramolecular Hbond substituents is 1. The minimum Gasteiger partial charge on any atom is -0.506 e. The van der Waals surface area contributed by atoms with Crippen molar-refractivity contribution in [3.05, 3.63) is 76.8 Å². The molecule has 3 aromatic carbocycles. The molecule has 0 atom stereocenters. The van der Waals surface area contributed by atoms with Gasteiger partial charge in [0.15, 0.2) is 5.65 Å². The maximum Gasteiger partial charge on any atom is 0.273 e. The number of anilines is 1. The topological polar surface area (TPSA) is 123 Å². The highest BCUT2D eigenvalue weighted by molar-refractivity contribution is 6.06. The molecule has 0 spiro atoms. The van der Waals surface area contributed by atoms with Crippen LogP contribution in [-0.2, 0) is 11.3 Å². The molecule has 0 saturated carbocycles. The summed E-state index contributed by atoms with van der Waals surface area (Å²) in [6.45, 7) is 0.344. The van der Waals surface area contributed by atoms with Crippen molar-refractivity contribution < 1.29 is 14.8 Å². The third-order valence-corrected chi connectivity index (χ3v) is 5.29. The Labute approximate surface area is 181 Å². The molecule has 158 valence electrons. The van der Waals surface area contributed by atoms with Crippen LogP contribution in [0, 0.1) is 10.1 Å². The Balaban J connectivity index is 1.45. The summed E-state index contributed by atoms with van der Waals surface area (Å²) in [6.07, 6.45) is 0.110. The number of para-hydroxylation sites is 3. The molecule has 0 aliphatic rings. The minimum atomic E-state index is -0.613. The number of hydrogen-bond donors (Lipinski definition) is 2. The number of nitro benzene ring substituents is 1. The molecule has 1 amide bonds. The first kappa shape index (κ1) is 19.4. The lowest BCUT2D eigenvalue weighted by Crippen LogP contribution is -2.14. The van der Waals surface area contributed by atoms with Gasteiger partial charge in [-0.15, -0.1) is 0 Å². The maximum atomic E-state index is 12.6. The van der Waals surface area contributed by atoms with Gasteiger partial charge in [-0.25, -0.2) is 9.97 Å². The number of rotatable bonds is 5. The van der Waals surface area contributed by atoms with E-state index in [0.29, 0.717) is 12.2 Å². The van der Waals surface area contributed by atoms with Gasteiger partial charge in [0.05, 0.1) is 33.2 Å². The van der Waals surface area contributed by atoms with E-state index < -0.39 is 4.92 Å². The quantitative estimate of drug-likeness (QED) is 0.244. The Morgan fingerprint density at radius 3 is 2.50 bits per heavy atom. The Kier molecular flexibility index (Phi) is 4.63. The van der Waals surface area contributed by atoms with E-state index in [1.807, 2.05) is 53.1 Å². The molecule has 32 heavy (non-hydrogen) atoms. The van der Waals surface area contributed by atoms with Crippen molar-refractivity contribution in [3.8, 4) is 5.75 Å². The summed E-state index contributed by atoms with van der Waals surface area (Å²) in [5.74, 6) is -0.699. The van der Waals surface area contributed by atoms with E-state index in [0.717, 1.165) is 33.5 Å². The van der Waals surface area contributed by atoms with Gasteiger partial charge >= 0.3 is 0 Å². The number of carbonyl (C=O) groups is 1. The summed E-state index contributed by atoms with van der Waals surface area (Å²) in [5.41, 5.74) is 3.82. The van der Waals surface area contributed by atoms with Crippen LogP contribution in [0.5, 0.6) is 5.75 Å². The fourth-order valence-corrected chi connectivity index (χ4v) is 3.77. The lowest BCUT2D eigenvalue weighted by molar-refractivity contribution is -0.384. The molecule has 5 rings (SSSR count). The molecular formula is C23H17N5O4. The Bertz CT molecular complexity index is 1530. The summed E-state index contributed by atoms with van der Waals surface area (Å²) < 4.78 is 1.96. The molecular weight excluding hydrogens is 410 g/mol. The molecule has 0 radical (unpaired) electrons. The van der Waals surface area contributed by atoms with Gasteiger partial charge < -0.3 is 15.0 Å². The van der Waals surface area contributed by atoms with E-state index in [1.54, 1.807) is 0 Å². The van der Waals surface area contributed by atoms with E-state index >= 15 is 0 Å². The van der Waals surface area contributed by atoms with Gasteiger partial charge in [-0.1, -0.05) is 30.3 Å². The number of hydrogen-bond acceptors (Lipinski definition) is 6. The smallest absolute Gasteiger partial charge is 0.273 e. The SMILES string of the molecule is O=C(CCn1c2ccccc2c2nc3ccccc3nc21)Nc1ccc([N+](=O)[O-])cc1O. The molecule has 9 heteroatoms. The number of benzene rings is 3. The maximum absolute atomic E-state index is 12.6. The highest BCUT2D eigenvalue weighted by Gasteiger charge is 2.16. The second-order valence-electron chi connectivity index (χ2n) is 7.31. The fourth-order valence-electron chi connectivity index (χ4n) is 3.77. The predicted octanol–water partition coefficient (Wildman–Crippen LogP) is 4.38. The van der Waals surface area contributed by atoms with Crippen molar-refractivity contribution in [2.45, 2.75) is 13.0 Å². The van der Waals surface area contributed by atoms with Crippen LogP contribution in [0.4, 0.5) is 11.4 Å². The zero-order valence-electron chi connectivity index (χ0n) is 16.7. The van der Waals surface area contributed by atoms with Crippen LogP contribution in [-0.4, -0.2) is 30.5 Å². The molecule has 0 unspecified atom stereocenters. The van der Waals surface area contributed by atoms with Gasteiger partial charge in [0.25, 0.3) is 5.69 Å². The van der Waals surface area contributed by atoms with Gasteiger partial charge in [-0.05, 0) is 24.3 Å². The lowest BCUT2D eigenvalue weighted by atomic mass is 10.2. The summed E-state index contributed by atoms with van der Waals surface area (Å²) in [6, 6.07) is 19.0. The van der Waals surface area contributed by atoms with Crippen LogP contribution in [0.1, 0.15) is 6.42 Å². The number of phenols is 1. The van der Waals surface area contributed by atoms with Crippen molar-refractivity contribution in [2.75, 3.05) is 5.32 Å². The van der Waals surface area contributed by atoms with E-state index in [2.05, 4.69) is 5.32 Å². The largest absolute Gasteiger partial charge is 0.506 e. The first-order valence-corrected chi connectivity index (χ1v) is 9.92. The average Bonchev–Trinajstić information content (AvgIpc) is 3.10. The molecule has 0 aliphatic carbocycles. The normalized spacial score (nSPS) is 11.2. The Morgan fingerprint density at radius 1 is 1.03 bits per heavy atom. The average molecular weight is 427 g/mol. The highest BCUT2D eigenvalue weighted by atomic mass is 16.6. The molecule has 2 heterocycles. The molecule has 9 nitrogen and oxygen atoms in total. The summed E-state index contributed by atoms with van der Waals surface area (Å²) >= 11 is 0. The first-order valence-electron chi connectivity index (χ1n) is 9.92. The Morgan fingerprint density at radius 2 is 1.75 bits per heavy atom. The number of aromatic nitrogens is 3. The van der Waals surface area contributed by atoms with Gasteiger partial charge in [0, 0.05) is 24.4 Å². The van der Waals surface area contributed by atoms with Crippen LogP contribution < -0.4 is 5.32 Å². The van der Waals surface area contributed by atoms with E-state index in [-0.39, 0.29) is 29.5 Å². The summed E-state index contributed by atoms with van der Waals surface area (Å²) in [4.78, 5) is 32.3. The van der Waals surface area contributed by atoms with E-state index in [4.69, 9.17) is 9.97 Å². The van der Waals surface area contributed by atoms with Crippen LogP contribution in [0.2, 0.25) is 0 Å². The van der Waals surface area contributed by atoms with Crippen molar-refractivity contribution in [1.29, 1.82) is 0 Å². The van der Waals surface area contributed by atoms with E-state index in [1.165, 1.54) is 12.1 Å². The number of amides is 1. The predicted molar refractivity (Wildman–Crippen MR) is 121 cm³/mol. The minimum absolute atomic E-state index is 0.110. The van der Waals surface area contributed by atoms with E-state index in [9.17, 15) is 20.0 Å². The Hall–Kier alpha value is -4.53. The molecule has 5 aromatic rings. The molecule has 0 aliphatic heterocycles. The number of carbonyl (C=O) groups excluding carboxylic acids is 1. The third-order valence-electron chi connectivity index (χ3n) is 5.29. The summed E-state index contributed by atoms with van der Waals surface area (Å²) in [7, 11) is 0. The zero-order valence-corrected chi connectivity index (χ0v) is 16.7. The monoisotopic (exact) mass is 427 g/mol. The van der Waals surface area contributed by atoms with Crippen LogP contribution in [0.3, 0.4) is 0 Å². The number of non-ortho nitro benzene ring substituents is 1. The number of aryl methyl sites for hydroxylation is 1. The van der Waals surface area contributed by atoms with Crippen LogP contribution in [0.25, 0.3) is 33.1 Å². The van der Waals surface area contributed by atoms with Crippen molar-refractivity contribution in [3.63, 3.8) is 0 Å². The van der Waals surface area contributed by atoms with Gasteiger partial charge in [0.1, 0.15) is 11.3 Å². The van der Waals surface area contributed by atoms with Crippen molar-refractivity contribution in [2.24, 2.45) is 0 Å². The second kappa shape index (κ2) is 7.62. The first-order chi connectivity index (χ1) is 15.5. The standard InChI is InChI=1S/C23H17N5O4/c29-20-13-14(28(31)32)9-10-18(20)24-21(30)11-12-27-19-8-4-1-5-15(19)22-23(27)26-17-7-3-2-6-16(17)25-22/h1-10,13,29H,11-12H2,(H,24,30). The molecule has 0 fully saturated rings. The lowest BCUT2D eigenvalue weighted by Gasteiger charge is -2.09. The van der Waals surface area contributed by atoms with Crippen LogP contribution in [0.15, 0.2) is 66.7 Å². The second-order valence-corrected chi connectivity index (χ2v) is 7.31. The number of nitrogens with one attached hydrogen (secondary N) is 1. The van der Waals surface area contributed by atoms with Crippen LogP contribution >= 0.6 is 0 Å².